The Bertz CT molecular complexity index is 1250. The van der Waals surface area contributed by atoms with E-state index in [4.69, 9.17) is 9.26 Å². The fourth-order valence-corrected chi connectivity index (χ4v) is 4.24. The smallest absolute Gasteiger partial charge is 0.232 e. The van der Waals surface area contributed by atoms with Crippen LogP contribution in [0.25, 0.3) is 11.4 Å². The van der Waals surface area contributed by atoms with Gasteiger partial charge in [0.25, 0.3) is 0 Å². The molecule has 1 aliphatic heterocycles. The van der Waals surface area contributed by atoms with E-state index in [-0.39, 0.29) is 11.8 Å². The Morgan fingerprint density at radius 2 is 1.79 bits per heavy atom. The molecule has 6 heteroatoms. The van der Waals surface area contributed by atoms with E-state index < -0.39 is 0 Å². The lowest BCUT2D eigenvalue weighted by Gasteiger charge is -2.16. The predicted octanol–water partition coefficient (Wildman–Crippen LogP) is 5.18. The molecule has 6 nitrogen and oxygen atoms in total. The van der Waals surface area contributed by atoms with Crippen LogP contribution in [-0.4, -0.2) is 34.0 Å². The van der Waals surface area contributed by atoms with Crippen LogP contribution in [0.15, 0.2) is 83.4 Å². The molecule has 1 fully saturated rings. The number of amides is 1. The number of aryl methyl sites for hydroxylation is 1. The molecule has 1 amide bonds. The number of ether oxygens (including phenoxy) is 1. The van der Waals surface area contributed by atoms with Gasteiger partial charge in [-0.15, -0.1) is 0 Å². The van der Waals surface area contributed by atoms with E-state index in [2.05, 4.69) is 41.3 Å². The summed E-state index contributed by atoms with van der Waals surface area (Å²) in [6.07, 6.45) is 1.25. The van der Waals surface area contributed by atoms with Gasteiger partial charge in [-0.2, -0.15) is 4.98 Å². The van der Waals surface area contributed by atoms with Crippen LogP contribution >= 0.6 is 0 Å². The lowest BCUT2D eigenvalue weighted by Crippen LogP contribution is -2.27. The molecule has 1 aliphatic rings. The zero-order valence-corrected chi connectivity index (χ0v) is 19.2. The van der Waals surface area contributed by atoms with E-state index in [1.165, 1.54) is 11.1 Å². The molecule has 0 saturated carbocycles. The SMILES string of the molecule is Cc1cccc(CCN2CC(c3nc(-c4ccc(OCc5ccccc5)cc4)no3)CC2=O)c1. The van der Waals surface area contributed by atoms with Gasteiger partial charge < -0.3 is 14.2 Å². The Balaban J connectivity index is 1.18. The van der Waals surface area contributed by atoms with Crippen molar-refractivity contribution in [3.8, 4) is 17.1 Å². The van der Waals surface area contributed by atoms with Crippen molar-refractivity contribution in [3.05, 3.63) is 101 Å². The maximum atomic E-state index is 12.5. The van der Waals surface area contributed by atoms with Gasteiger partial charge in [0.15, 0.2) is 0 Å². The molecule has 2 heterocycles. The number of aromatic nitrogens is 2. The first-order valence-corrected chi connectivity index (χ1v) is 11.6. The molecule has 0 aliphatic carbocycles. The highest BCUT2D eigenvalue weighted by molar-refractivity contribution is 5.79. The second kappa shape index (κ2) is 9.91. The van der Waals surface area contributed by atoms with E-state index >= 15 is 0 Å². The molecule has 1 atom stereocenters. The van der Waals surface area contributed by atoms with Crippen molar-refractivity contribution in [2.45, 2.75) is 32.3 Å². The summed E-state index contributed by atoms with van der Waals surface area (Å²) in [5, 5.41) is 4.15. The molecule has 0 radical (unpaired) electrons. The van der Waals surface area contributed by atoms with Gasteiger partial charge in [-0.25, -0.2) is 0 Å². The molecule has 0 spiro atoms. The van der Waals surface area contributed by atoms with Crippen LogP contribution < -0.4 is 4.74 Å². The minimum Gasteiger partial charge on any atom is -0.489 e. The fraction of sp³-hybridized carbons (Fsp3) is 0.250. The molecule has 34 heavy (non-hydrogen) atoms. The van der Waals surface area contributed by atoms with Crippen molar-refractivity contribution in [2.24, 2.45) is 0 Å². The van der Waals surface area contributed by atoms with Crippen LogP contribution in [0.5, 0.6) is 5.75 Å². The van der Waals surface area contributed by atoms with Gasteiger partial charge in [-0.05, 0) is 48.7 Å². The second-order valence-electron chi connectivity index (χ2n) is 8.73. The number of nitrogens with zero attached hydrogens (tertiary/aromatic N) is 3. The third-order valence-corrected chi connectivity index (χ3v) is 6.12. The number of hydrogen-bond acceptors (Lipinski definition) is 5. The van der Waals surface area contributed by atoms with Crippen LogP contribution in [0.2, 0.25) is 0 Å². The molecular formula is C28H27N3O3. The summed E-state index contributed by atoms with van der Waals surface area (Å²) in [5.41, 5.74) is 4.45. The number of hydrogen-bond donors (Lipinski definition) is 0. The van der Waals surface area contributed by atoms with Crippen LogP contribution in [0.3, 0.4) is 0 Å². The fourth-order valence-electron chi connectivity index (χ4n) is 4.24. The number of carbonyl (C=O) groups is 1. The predicted molar refractivity (Wildman–Crippen MR) is 129 cm³/mol. The summed E-state index contributed by atoms with van der Waals surface area (Å²) in [6.45, 7) is 3.91. The maximum absolute atomic E-state index is 12.5. The Morgan fingerprint density at radius 1 is 1.00 bits per heavy atom. The van der Waals surface area contributed by atoms with Crippen LogP contribution in [0.4, 0.5) is 0 Å². The second-order valence-corrected chi connectivity index (χ2v) is 8.73. The van der Waals surface area contributed by atoms with Crippen LogP contribution in [0.1, 0.15) is 34.9 Å². The molecular weight excluding hydrogens is 426 g/mol. The van der Waals surface area contributed by atoms with E-state index in [0.29, 0.717) is 37.8 Å². The first-order valence-electron chi connectivity index (χ1n) is 11.6. The molecule has 5 rings (SSSR count). The largest absolute Gasteiger partial charge is 0.489 e. The minimum absolute atomic E-state index is 0.0697. The summed E-state index contributed by atoms with van der Waals surface area (Å²) in [7, 11) is 0. The van der Waals surface area contributed by atoms with Gasteiger partial charge in [-0.3, -0.25) is 4.79 Å². The summed E-state index contributed by atoms with van der Waals surface area (Å²) in [4.78, 5) is 19.0. The first-order chi connectivity index (χ1) is 16.6. The molecule has 0 bridgehead atoms. The zero-order chi connectivity index (χ0) is 23.3. The van der Waals surface area contributed by atoms with Crippen molar-refractivity contribution in [1.29, 1.82) is 0 Å². The standard InChI is InChI=1S/C28H27N3O3/c1-20-6-5-9-21(16-20)14-15-31-18-24(17-26(31)32)28-29-27(30-34-28)23-10-12-25(13-11-23)33-19-22-7-3-2-4-8-22/h2-13,16,24H,14-15,17-19H2,1H3. The normalized spacial score (nSPS) is 15.6. The number of rotatable bonds is 8. The highest BCUT2D eigenvalue weighted by Crippen LogP contribution is 2.29. The topological polar surface area (TPSA) is 68.5 Å². The van der Waals surface area contributed by atoms with E-state index in [1.807, 2.05) is 59.5 Å². The Kier molecular flexibility index (Phi) is 6.38. The van der Waals surface area contributed by atoms with E-state index in [9.17, 15) is 4.79 Å². The van der Waals surface area contributed by atoms with E-state index in [1.54, 1.807) is 0 Å². The van der Waals surface area contributed by atoms with Crippen molar-refractivity contribution in [3.63, 3.8) is 0 Å². The average Bonchev–Trinajstić information content (AvgIpc) is 3.49. The van der Waals surface area contributed by atoms with Gasteiger partial charge in [0.05, 0.1) is 5.92 Å². The molecule has 0 N–H and O–H groups in total. The number of benzene rings is 3. The molecule has 1 aromatic heterocycles. The molecule has 3 aromatic carbocycles. The third-order valence-electron chi connectivity index (χ3n) is 6.12. The van der Waals surface area contributed by atoms with Crippen LogP contribution in [0, 0.1) is 6.92 Å². The Morgan fingerprint density at radius 3 is 2.59 bits per heavy atom. The molecule has 4 aromatic rings. The Hall–Kier alpha value is -3.93. The van der Waals surface area contributed by atoms with Gasteiger partial charge in [0, 0.05) is 25.1 Å². The van der Waals surface area contributed by atoms with Gasteiger partial charge in [-0.1, -0.05) is 65.3 Å². The van der Waals surface area contributed by atoms with Crippen molar-refractivity contribution < 1.29 is 14.1 Å². The van der Waals surface area contributed by atoms with Gasteiger partial charge in [0.1, 0.15) is 12.4 Å². The zero-order valence-electron chi connectivity index (χ0n) is 19.2. The lowest BCUT2D eigenvalue weighted by molar-refractivity contribution is -0.127. The number of carbonyl (C=O) groups excluding carboxylic acids is 1. The van der Waals surface area contributed by atoms with Crippen molar-refractivity contribution >= 4 is 5.91 Å². The van der Waals surface area contributed by atoms with Crippen molar-refractivity contribution in [2.75, 3.05) is 13.1 Å². The lowest BCUT2D eigenvalue weighted by atomic mass is 10.1. The summed E-state index contributed by atoms with van der Waals surface area (Å²) in [6, 6.07) is 26.1. The third kappa shape index (κ3) is 5.17. The van der Waals surface area contributed by atoms with Crippen molar-refractivity contribution in [1.82, 2.24) is 15.0 Å². The quantitative estimate of drug-likeness (QED) is 0.368. The summed E-state index contributed by atoms with van der Waals surface area (Å²) in [5.74, 6) is 1.89. The van der Waals surface area contributed by atoms with E-state index in [0.717, 1.165) is 23.3 Å². The maximum Gasteiger partial charge on any atom is 0.232 e. The monoisotopic (exact) mass is 453 g/mol. The summed E-state index contributed by atoms with van der Waals surface area (Å²) >= 11 is 0. The van der Waals surface area contributed by atoms with Gasteiger partial charge in [0.2, 0.25) is 17.6 Å². The highest BCUT2D eigenvalue weighted by atomic mass is 16.5. The molecule has 1 unspecified atom stereocenters. The summed E-state index contributed by atoms with van der Waals surface area (Å²) < 4.78 is 11.4. The first kappa shape index (κ1) is 21.9. The molecule has 172 valence electrons. The number of likely N-dealkylation sites (tertiary alicyclic amines) is 1. The molecule has 1 saturated heterocycles. The average molecular weight is 454 g/mol. The van der Waals surface area contributed by atoms with Gasteiger partial charge >= 0.3 is 0 Å². The Labute approximate surface area is 199 Å². The highest BCUT2D eigenvalue weighted by Gasteiger charge is 2.34. The van der Waals surface area contributed by atoms with Crippen LogP contribution in [-0.2, 0) is 17.8 Å². The minimum atomic E-state index is -0.0697.